The summed E-state index contributed by atoms with van der Waals surface area (Å²) in [6.07, 6.45) is 6.74. The highest BCUT2D eigenvalue weighted by atomic mass is 16.2. The lowest BCUT2D eigenvalue weighted by Crippen LogP contribution is -2.51. The molecule has 3 saturated heterocycles. The standard InChI is InChI=1S/C22H30N4O3/c27-20(23-15-16-7-6-14-25-13-5-4-10-19(16)25)12-11-18-21(28)26(22(29)24-18)17-8-2-1-3-9-17/h1-3,8-9,16,18-19H,4-7,10-15H2,(H,23,27)(H,24,29)/t16-,18-,19+/m0/s1. The lowest BCUT2D eigenvalue weighted by atomic mass is 9.83. The zero-order valence-electron chi connectivity index (χ0n) is 16.8. The van der Waals surface area contributed by atoms with E-state index in [1.54, 1.807) is 24.3 Å². The Morgan fingerprint density at radius 2 is 1.86 bits per heavy atom. The van der Waals surface area contributed by atoms with E-state index in [1.807, 2.05) is 6.07 Å². The average Bonchev–Trinajstić information content (AvgIpc) is 3.04. The van der Waals surface area contributed by atoms with Crippen molar-refractivity contribution in [2.75, 3.05) is 24.5 Å². The van der Waals surface area contributed by atoms with Crippen LogP contribution in [-0.4, -0.2) is 54.5 Å². The van der Waals surface area contributed by atoms with E-state index in [4.69, 9.17) is 0 Å². The van der Waals surface area contributed by atoms with Crippen LogP contribution in [0.2, 0.25) is 0 Å². The molecule has 3 aliphatic heterocycles. The van der Waals surface area contributed by atoms with Crippen LogP contribution in [0.25, 0.3) is 0 Å². The highest BCUT2D eigenvalue weighted by molar-refractivity contribution is 6.21. The van der Waals surface area contributed by atoms with Crippen molar-refractivity contribution in [3.05, 3.63) is 30.3 Å². The molecule has 0 unspecified atom stereocenters. The van der Waals surface area contributed by atoms with Crippen LogP contribution >= 0.6 is 0 Å². The summed E-state index contributed by atoms with van der Waals surface area (Å²) in [5, 5.41) is 5.78. The third kappa shape index (κ3) is 4.45. The SMILES string of the molecule is O=C(CC[C@@H]1NC(=O)N(c2ccccc2)C1=O)NC[C@@H]1CCCN2CCCC[C@H]12. The summed E-state index contributed by atoms with van der Waals surface area (Å²) in [5.74, 6) is 0.187. The molecule has 1 aromatic rings. The molecule has 0 aliphatic carbocycles. The number of urea groups is 1. The fourth-order valence-electron chi connectivity index (χ4n) is 4.97. The van der Waals surface area contributed by atoms with Gasteiger partial charge in [0.05, 0.1) is 5.69 Å². The van der Waals surface area contributed by atoms with Gasteiger partial charge >= 0.3 is 6.03 Å². The van der Waals surface area contributed by atoms with Gasteiger partial charge in [0, 0.05) is 19.0 Å². The number of hydrogen-bond acceptors (Lipinski definition) is 4. The molecule has 0 spiro atoms. The summed E-state index contributed by atoms with van der Waals surface area (Å²) >= 11 is 0. The third-order valence-corrected chi connectivity index (χ3v) is 6.48. The minimum absolute atomic E-state index is 0.0434. The zero-order chi connectivity index (χ0) is 20.2. The highest BCUT2D eigenvalue weighted by Crippen LogP contribution is 2.30. The van der Waals surface area contributed by atoms with Crippen molar-refractivity contribution in [2.45, 2.75) is 57.0 Å². The van der Waals surface area contributed by atoms with E-state index < -0.39 is 12.1 Å². The second-order valence-corrected chi connectivity index (χ2v) is 8.36. The van der Waals surface area contributed by atoms with Crippen molar-refractivity contribution in [1.29, 1.82) is 0 Å². The number of nitrogens with one attached hydrogen (secondary N) is 2. The van der Waals surface area contributed by atoms with E-state index in [9.17, 15) is 14.4 Å². The van der Waals surface area contributed by atoms with Crippen molar-refractivity contribution >= 4 is 23.5 Å². The van der Waals surface area contributed by atoms with Crippen LogP contribution < -0.4 is 15.5 Å². The molecule has 3 aliphatic rings. The van der Waals surface area contributed by atoms with Crippen LogP contribution in [0.4, 0.5) is 10.5 Å². The maximum atomic E-state index is 12.6. The molecule has 0 saturated carbocycles. The molecule has 29 heavy (non-hydrogen) atoms. The maximum Gasteiger partial charge on any atom is 0.329 e. The number of carbonyl (C=O) groups excluding carboxylic acids is 3. The molecule has 0 aromatic heterocycles. The summed E-state index contributed by atoms with van der Waals surface area (Å²) in [6, 6.07) is 8.40. The average molecular weight is 399 g/mol. The van der Waals surface area contributed by atoms with Gasteiger partial charge in [0.25, 0.3) is 5.91 Å². The molecule has 4 amide bonds. The molecule has 0 radical (unpaired) electrons. The van der Waals surface area contributed by atoms with Gasteiger partial charge in [0.2, 0.25) is 5.91 Å². The van der Waals surface area contributed by atoms with Crippen molar-refractivity contribution in [1.82, 2.24) is 15.5 Å². The fourth-order valence-corrected chi connectivity index (χ4v) is 4.97. The number of amides is 4. The highest BCUT2D eigenvalue weighted by Gasteiger charge is 2.39. The van der Waals surface area contributed by atoms with Gasteiger partial charge in [-0.1, -0.05) is 24.6 Å². The first-order valence-corrected chi connectivity index (χ1v) is 10.8. The zero-order valence-corrected chi connectivity index (χ0v) is 16.8. The molecule has 156 valence electrons. The molecule has 3 heterocycles. The van der Waals surface area contributed by atoms with Crippen LogP contribution in [0, 0.1) is 5.92 Å². The van der Waals surface area contributed by atoms with Crippen LogP contribution in [0.5, 0.6) is 0 Å². The van der Waals surface area contributed by atoms with Gasteiger partial charge in [-0.2, -0.15) is 0 Å². The Hall–Kier alpha value is -2.41. The number of rotatable bonds is 6. The van der Waals surface area contributed by atoms with Crippen LogP contribution in [0.3, 0.4) is 0 Å². The Labute approximate surface area is 171 Å². The summed E-state index contributed by atoms with van der Waals surface area (Å²) in [7, 11) is 0. The maximum absolute atomic E-state index is 12.6. The number of fused-ring (bicyclic) bond motifs is 1. The molecule has 1 aromatic carbocycles. The Balaban J connectivity index is 1.24. The monoisotopic (exact) mass is 398 g/mol. The fraction of sp³-hybridized carbons (Fsp3) is 0.591. The van der Waals surface area contributed by atoms with Crippen molar-refractivity contribution in [3.63, 3.8) is 0 Å². The quantitative estimate of drug-likeness (QED) is 0.721. The summed E-state index contributed by atoms with van der Waals surface area (Å²) in [5.41, 5.74) is 0.552. The van der Waals surface area contributed by atoms with E-state index in [0.717, 1.165) is 4.90 Å². The number of piperidine rings is 2. The summed E-state index contributed by atoms with van der Waals surface area (Å²) < 4.78 is 0. The van der Waals surface area contributed by atoms with Gasteiger partial charge < -0.3 is 15.5 Å². The first-order chi connectivity index (χ1) is 14.1. The second kappa shape index (κ2) is 8.95. The number of para-hydroxylation sites is 1. The Bertz CT molecular complexity index is 752. The van der Waals surface area contributed by atoms with Crippen molar-refractivity contribution < 1.29 is 14.4 Å². The smallest absolute Gasteiger partial charge is 0.329 e. The van der Waals surface area contributed by atoms with E-state index >= 15 is 0 Å². The van der Waals surface area contributed by atoms with Gasteiger partial charge in [-0.25, -0.2) is 9.69 Å². The number of anilines is 1. The molecule has 3 atom stereocenters. The Morgan fingerprint density at radius 3 is 2.69 bits per heavy atom. The minimum atomic E-state index is -0.642. The van der Waals surface area contributed by atoms with E-state index in [2.05, 4.69) is 15.5 Å². The normalized spacial score (nSPS) is 27.4. The topological polar surface area (TPSA) is 81.8 Å². The van der Waals surface area contributed by atoms with Crippen LogP contribution in [0.1, 0.15) is 44.9 Å². The first-order valence-electron chi connectivity index (χ1n) is 10.8. The van der Waals surface area contributed by atoms with Crippen LogP contribution in [0.15, 0.2) is 30.3 Å². The molecular formula is C22H30N4O3. The predicted molar refractivity (Wildman–Crippen MR) is 110 cm³/mol. The summed E-state index contributed by atoms with van der Waals surface area (Å²) in [6.45, 7) is 3.09. The number of hydrogen-bond donors (Lipinski definition) is 2. The minimum Gasteiger partial charge on any atom is -0.356 e. The molecule has 0 bridgehead atoms. The number of imide groups is 1. The largest absolute Gasteiger partial charge is 0.356 e. The molecule has 2 N–H and O–H groups in total. The van der Waals surface area contributed by atoms with Crippen molar-refractivity contribution in [2.24, 2.45) is 5.92 Å². The molecule has 4 rings (SSSR count). The van der Waals surface area contributed by atoms with E-state index in [1.165, 1.54) is 45.2 Å². The molecule has 7 nitrogen and oxygen atoms in total. The number of benzene rings is 1. The van der Waals surface area contributed by atoms with Gasteiger partial charge in [-0.15, -0.1) is 0 Å². The van der Waals surface area contributed by atoms with Crippen molar-refractivity contribution in [3.8, 4) is 0 Å². The van der Waals surface area contributed by atoms with Gasteiger partial charge in [-0.05, 0) is 63.2 Å². The van der Waals surface area contributed by atoms with E-state index in [0.29, 0.717) is 30.6 Å². The van der Waals surface area contributed by atoms with Crippen LogP contribution in [-0.2, 0) is 9.59 Å². The van der Waals surface area contributed by atoms with Gasteiger partial charge in [-0.3, -0.25) is 9.59 Å². The second-order valence-electron chi connectivity index (χ2n) is 8.36. The molecule has 7 heteroatoms. The molecule has 3 fully saturated rings. The lowest BCUT2D eigenvalue weighted by Gasteiger charge is -2.44. The van der Waals surface area contributed by atoms with Gasteiger partial charge in [0.1, 0.15) is 6.04 Å². The third-order valence-electron chi connectivity index (χ3n) is 6.48. The lowest BCUT2D eigenvalue weighted by molar-refractivity contribution is -0.122. The summed E-state index contributed by atoms with van der Waals surface area (Å²) in [4.78, 5) is 40.9. The van der Waals surface area contributed by atoms with Gasteiger partial charge in [0.15, 0.2) is 0 Å². The predicted octanol–water partition coefficient (Wildman–Crippen LogP) is 2.27. The number of nitrogens with zero attached hydrogens (tertiary/aromatic N) is 2. The number of carbonyl (C=O) groups is 3. The Morgan fingerprint density at radius 1 is 1.07 bits per heavy atom. The Kier molecular flexibility index (Phi) is 6.13. The molecular weight excluding hydrogens is 368 g/mol. The van der Waals surface area contributed by atoms with E-state index in [-0.39, 0.29) is 18.2 Å². The first kappa shape index (κ1) is 19.9.